The maximum absolute atomic E-state index is 12.3. The molecule has 1 saturated heterocycles. The van der Waals surface area contributed by atoms with E-state index in [1.807, 2.05) is 32.3 Å². The second kappa shape index (κ2) is 4.43. The Bertz CT molecular complexity index is 478. The van der Waals surface area contributed by atoms with Crippen LogP contribution in [-0.4, -0.2) is 31.9 Å². The molecule has 2 aliphatic rings. The molecule has 1 aromatic rings. The third kappa shape index (κ3) is 1.95. The molecule has 0 saturated carbocycles. The molecule has 1 atom stereocenters. The largest absolute Gasteiger partial charge is 0.484 e. The van der Waals surface area contributed by atoms with Crippen molar-refractivity contribution in [2.24, 2.45) is 0 Å². The lowest BCUT2D eigenvalue weighted by molar-refractivity contribution is -0.0715. The van der Waals surface area contributed by atoms with Gasteiger partial charge in [-0.05, 0) is 18.9 Å². The lowest BCUT2D eigenvalue weighted by atomic mass is 9.72. The minimum Gasteiger partial charge on any atom is -0.484 e. The molecule has 0 amide bonds. The summed E-state index contributed by atoms with van der Waals surface area (Å²) in [4.78, 5) is 12.3. The summed E-state index contributed by atoms with van der Waals surface area (Å²) in [6.45, 7) is 3.27. The van der Waals surface area contributed by atoms with Gasteiger partial charge in [-0.25, -0.2) is 0 Å². The summed E-state index contributed by atoms with van der Waals surface area (Å²) in [5, 5.41) is 0. The average molecular weight is 243 g/mol. The second-order valence-corrected chi connectivity index (χ2v) is 5.09. The summed E-state index contributed by atoms with van der Waals surface area (Å²) in [7, 11) is 1.99. The van der Waals surface area contributed by atoms with E-state index in [9.17, 15) is 4.79 Å². The van der Waals surface area contributed by atoms with E-state index in [0.717, 1.165) is 24.9 Å². The quantitative estimate of drug-likeness (QED) is 0.702. The van der Waals surface area contributed by atoms with E-state index >= 15 is 0 Å². The van der Waals surface area contributed by atoms with Crippen molar-refractivity contribution in [1.29, 1.82) is 0 Å². The van der Waals surface area contributed by atoms with Crippen molar-refractivity contribution in [3.05, 3.63) is 23.8 Å². The molecule has 1 aromatic carbocycles. The Morgan fingerprint density at radius 2 is 2.28 bits per heavy atom. The highest BCUT2D eigenvalue weighted by Crippen LogP contribution is 2.37. The number of fused-ring (bicyclic) bond motifs is 1. The van der Waals surface area contributed by atoms with Crippen molar-refractivity contribution >= 4 is 18.5 Å². The summed E-state index contributed by atoms with van der Waals surface area (Å²) in [6, 6.07) is 5.79. The molecule has 3 rings (SSSR count). The van der Waals surface area contributed by atoms with Crippen molar-refractivity contribution in [3.63, 3.8) is 0 Å². The van der Waals surface area contributed by atoms with Crippen LogP contribution >= 0.6 is 0 Å². The van der Waals surface area contributed by atoms with Gasteiger partial charge < -0.3 is 9.47 Å². The fraction of sp³-hybridized carbons (Fsp3) is 0.500. The lowest BCUT2D eigenvalue weighted by Gasteiger charge is -2.40. The number of hydrogen-bond donors (Lipinski definition) is 0. The van der Waals surface area contributed by atoms with E-state index in [-0.39, 0.29) is 5.78 Å². The average Bonchev–Trinajstić information content (AvgIpc) is 2.39. The minimum atomic E-state index is -0.417. The number of ether oxygens (including phenoxy) is 2. The highest BCUT2D eigenvalue weighted by Gasteiger charge is 2.42. The van der Waals surface area contributed by atoms with E-state index in [2.05, 4.69) is 0 Å². The highest BCUT2D eigenvalue weighted by atomic mass is 16.5. The minimum absolute atomic E-state index is 0.172. The second-order valence-electron chi connectivity index (χ2n) is 5.09. The first-order chi connectivity index (χ1) is 8.72. The number of benzene rings is 1. The zero-order chi connectivity index (χ0) is 12.6. The Labute approximate surface area is 108 Å². The van der Waals surface area contributed by atoms with Crippen LogP contribution < -0.4 is 10.2 Å². The Balaban J connectivity index is 1.95. The standard InChI is InChI=1S/C14H16BO3/c1-15-10-3-4-13-11(7-10)12(16)8-14(18-13)5-2-6-17-9-14/h3-4,7H,2,5-6,8-9H2,1H3. The fourth-order valence-corrected chi connectivity index (χ4v) is 2.74. The third-order valence-electron chi connectivity index (χ3n) is 3.73. The molecule has 2 aliphatic heterocycles. The summed E-state index contributed by atoms with van der Waals surface area (Å²) in [5.41, 5.74) is 1.35. The van der Waals surface area contributed by atoms with E-state index in [4.69, 9.17) is 9.47 Å². The molecule has 0 aliphatic carbocycles. The van der Waals surface area contributed by atoms with Crippen LogP contribution in [0.1, 0.15) is 29.6 Å². The summed E-state index contributed by atoms with van der Waals surface area (Å²) in [6.07, 6.45) is 2.30. The predicted octanol–water partition coefficient (Wildman–Crippen LogP) is 1.58. The molecule has 1 spiro atoms. The van der Waals surface area contributed by atoms with Gasteiger partial charge in [0, 0.05) is 6.61 Å². The molecule has 93 valence electrons. The van der Waals surface area contributed by atoms with Crippen LogP contribution in [0.15, 0.2) is 18.2 Å². The first-order valence-electron chi connectivity index (χ1n) is 6.46. The summed E-state index contributed by atoms with van der Waals surface area (Å²) in [5.74, 6) is 0.882. The number of hydrogen-bond acceptors (Lipinski definition) is 3. The molecule has 18 heavy (non-hydrogen) atoms. The number of ketones is 1. The van der Waals surface area contributed by atoms with Gasteiger partial charge in [0.1, 0.15) is 18.6 Å². The van der Waals surface area contributed by atoms with Gasteiger partial charge in [-0.2, -0.15) is 0 Å². The molecular formula is C14H16BO3. The van der Waals surface area contributed by atoms with Crippen LogP contribution in [0.2, 0.25) is 6.82 Å². The zero-order valence-corrected chi connectivity index (χ0v) is 10.6. The molecule has 3 nitrogen and oxygen atoms in total. The van der Waals surface area contributed by atoms with Crippen LogP contribution in [-0.2, 0) is 4.74 Å². The topological polar surface area (TPSA) is 35.5 Å². The molecule has 0 aromatic heterocycles. The highest BCUT2D eigenvalue weighted by molar-refractivity contribution is 6.52. The fourth-order valence-electron chi connectivity index (χ4n) is 2.74. The van der Waals surface area contributed by atoms with Crippen molar-refractivity contribution in [2.45, 2.75) is 31.7 Å². The normalized spacial score (nSPS) is 26.6. The Morgan fingerprint density at radius 1 is 1.39 bits per heavy atom. The third-order valence-corrected chi connectivity index (χ3v) is 3.73. The van der Waals surface area contributed by atoms with Gasteiger partial charge in [-0.3, -0.25) is 4.79 Å². The number of carbonyl (C=O) groups is 1. The van der Waals surface area contributed by atoms with Crippen LogP contribution in [0.25, 0.3) is 0 Å². The Hall–Kier alpha value is -1.29. The SMILES string of the molecule is C[B]c1ccc2c(c1)C(=O)CC1(CCCOC1)O2. The summed E-state index contributed by atoms with van der Waals surface area (Å²) < 4.78 is 11.6. The van der Waals surface area contributed by atoms with Crippen LogP contribution in [0.5, 0.6) is 5.75 Å². The van der Waals surface area contributed by atoms with Crippen molar-refractivity contribution in [2.75, 3.05) is 13.2 Å². The van der Waals surface area contributed by atoms with Crippen molar-refractivity contribution in [3.8, 4) is 5.75 Å². The molecule has 0 bridgehead atoms. The molecule has 1 radical (unpaired) electrons. The van der Waals surface area contributed by atoms with Crippen LogP contribution in [0.4, 0.5) is 0 Å². The number of rotatable bonds is 1. The first kappa shape index (κ1) is 11.8. The maximum atomic E-state index is 12.3. The van der Waals surface area contributed by atoms with E-state index < -0.39 is 5.60 Å². The first-order valence-corrected chi connectivity index (χ1v) is 6.46. The Morgan fingerprint density at radius 3 is 3.00 bits per heavy atom. The van der Waals surface area contributed by atoms with E-state index in [1.165, 1.54) is 0 Å². The van der Waals surface area contributed by atoms with Crippen LogP contribution in [0.3, 0.4) is 0 Å². The van der Waals surface area contributed by atoms with Gasteiger partial charge in [-0.1, -0.05) is 24.4 Å². The van der Waals surface area contributed by atoms with Gasteiger partial charge in [-0.15, -0.1) is 0 Å². The Kier molecular flexibility index (Phi) is 2.90. The molecule has 4 heteroatoms. The smallest absolute Gasteiger partial charge is 0.170 e. The van der Waals surface area contributed by atoms with Gasteiger partial charge in [0.25, 0.3) is 0 Å². The maximum Gasteiger partial charge on any atom is 0.170 e. The van der Waals surface area contributed by atoms with Crippen LogP contribution in [0, 0.1) is 0 Å². The van der Waals surface area contributed by atoms with E-state index in [1.54, 1.807) is 0 Å². The van der Waals surface area contributed by atoms with Gasteiger partial charge in [0.05, 0.1) is 18.6 Å². The number of carbonyl (C=O) groups excluding carboxylic acids is 1. The van der Waals surface area contributed by atoms with Gasteiger partial charge in [0.2, 0.25) is 0 Å². The van der Waals surface area contributed by atoms with Crippen molar-refractivity contribution in [1.82, 2.24) is 0 Å². The van der Waals surface area contributed by atoms with Crippen molar-refractivity contribution < 1.29 is 14.3 Å². The molecule has 2 heterocycles. The molecule has 1 fully saturated rings. The van der Waals surface area contributed by atoms with Gasteiger partial charge >= 0.3 is 0 Å². The predicted molar refractivity (Wildman–Crippen MR) is 70.1 cm³/mol. The molecule has 0 N–H and O–H groups in total. The number of Topliss-reactive ketones (excluding diaryl/α,β-unsaturated/α-hetero) is 1. The van der Waals surface area contributed by atoms with Gasteiger partial charge in [0.15, 0.2) is 5.78 Å². The lowest BCUT2D eigenvalue weighted by Crippen LogP contribution is -2.48. The van der Waals surface area contributed by atoms with E-state index in [0.29, 0.717) is 24.3 Å². The summed E-state index contributed by atoms with van der Waals surface area (Å²) >= 11 is 0. The molecular weight excluding hydrogens is 227 g/mol. The monoisotopic (exact) mass is 243 g/mol. The zero-order valence-electron chi connectivity index (χ0n) is 10.6. The molecule has 1 unspecified atom stereocenters.